The first-order valence-corrected chi connectivity index (χ1v) is 11.2. The SMILES string of the molecule is Cl.O=C(c1ccccc1)N1C2CCC1CC(CNC[C@H]1COc3ccc(Cl)cc3O1)C2. The van der Waals surface area contributed by atoms with Gasteiger partial charge in [-0.2, -0.15) is 0 Å². The fourth-order valence-corrected chi connectivity index (χ4v) is 5.32. The van der Waals surface area contributed by atoms with Gasteiger partial charge in [-0.3, -0.25) is 4.79 Å². The first-order chi connectivity index (χ1) is 14.7. The van der Waals surface area contributed by atoms with E-state index in [2.05, 4.69) is 10.2 Å². The number of halogens is 2. The van der Waals surface area contributed by atoms with Gasteiger partial charge in [0.15, 0.2) is 11.5 Å². The van der Waals surface area contributed by atoms with Crippen molar-refractivity contribution in [3.05, 3.63) is 59.1 Å². The molecule has 2 aromatic carbocycles. The summed E-state index contributed by atoms with van der Waals surface area (Å²) in [6, 6.07) is 15.9. The molecule has 3 atom stereocenters. The fourth-order valence-electron chi connectivity index (χ4n) is 5.16. The summed E-state index contributed by atoms with van der Waals surface area (Å²) >= 11 is 6.06. The molecule has 0 saturated carbocycles. The van der Waals surface area contributed by atoms with Crippen LogP contribution in [0.1, 0.15) is 36.0 Å². The second kappa shape index (κ2) is 9.68. The lowest BCUT2D eigenvalue weighted by molar-refractivity contribution is 0.0515. The van der Waals surface area contributed by atoms with E-state index in [1.807, 2.05) is 42.5 Å². The fraction of sp³-hybridized carbons (Fsp3) is 0.458. The molecular weight excluding hydrogens is 435 g/mol. The van der Waals surface area contributed by atoms with Crippen LogP contribution in [-0.4, -0.2) is 48.7 Å². The molecule has 0 aromatic heterocycles. The number of hydrogen-bond donors (Lipinski definition) is 1. The van der Waals surface area contributed by atoms with Gasteiger partial charge in [-0.15, -0.1) is 12.4 Å². The van der Waals surface area contributed by atoms with Crippen molar-refractivity contribution in [3.8, 4) is 11.5 Å². The number of carbonyl (C=O) groups excluding carboxylic acids is 1. The summed E-state index contributed by atoms with van der Waals surface area (Å²) in [5.74, 6) is 2.25. The summed E-state index contributed by atoms with van der Waals surface area (Å²) in [4.78, 5) is 15.1. The molecule has 0 spiro atoms. The van der Waals surface area contributed by atoms with Crippen molar-refractivity contribution in [2.45, 2.75) is 43.9 Å². The van der Waals surface area contributed by atoms with E-state index in [4.69, 9.17) is 21.1 Å². The number of piperidine rings is 1. The number of hydrogen-bond acceptors (Lipinski definition) is 4. The highest BCUT2D eigenvalue weighted by atomic mass is 35.5. The third-order valence-electron chi connectivity index (χ3n) is 6.52. The Morgan fingerprint density at radius 3 is 2.52 bits per heavy atom. The zero-order chi connectivity index (χ0) is 20.5. The summed E-state index contributed by atoms with van der Waals surface area (Å²) < 4.78 is 11.8. The van der Waals surface area contributed by atoms with Gasteiger partial charge >= 0.3 is 0 Å². The van der Waals surface area contributed by atoms with E-state index in [0.29, 0.717) is 35.4 Å². The van der Waals surface area contributed by atoms with Gasteiger partial charge in [0.25, 0.3) is 5.91 Å². The highest BCUT2D eigenvalue weighted by Crippen LogP contribution is 2.39. The van der Waals surface area contributed by atoms with Crippen LogP contribution in [0.4, 0.5) is 0 Å². The molecule has 2 fully saturated rings. The topological polar surface area (TPSA) is 50.8 Å². The Bertz CT molecular complexity index is 897. The smallest absolute Gasteiger partial charge is 0.254 e. The highest BCUT2D eigenvalue weighted by Gasteiger charge is 2.43. The number of fused-ring (bicyclic) bond motifs is 3. The molecule has 3 aliphatic heterocycles. The maximum atomic E-state index is 13.0. The molecular formula is C24H28Cl2N2O3. The summed E-state index contributed by atoms with van der Waals surface area (Å²) in [6.07, 6.45) is 4.37. The number of nitrogens with zero attached hydrogens (tertiary/aromatic N) is 1. The van der Waals surface area contributed by atoms with E-state index in [1.54, 1.807) is 6.07 Å². The van der Waals surface area contributed by atoms with Gasteiger partial charge in [0, 0.05) is 35.3 Å². The molecule has 2 unspecified atom stereocenters. The van der Waals surface area contributed by atoms with Gasteiger partial charge < -0.3 is 19.7 Å². The minimum Gasteiger partial charge on any atom is -0.486 e. The first-order valence-electron chi connectivity index (χ1n) is 10.8. The third kappa shape index (κ3) is 4.79. The monoisotopic (exact) mass is 462 g/mol. The first kappa shape index (κ1) is 22.3. The maximum absolute atomic E-state index is 13.0. The highest BCUT2D eigenvalue weighted by molar-refractivity contribution is 6.30. The number of carbonyl (C=O) groups is 1. The lowest BCUT2D eigenvalue weighted by Gasteiger charge is -2.39. The van der Waals surface area contributed by atoms with Crippen LogP contribution in [0, 0.1) is 5.92 Å². The number of ether oxygens (including phenoxy) is 2. The van der Waals surface area contributed by atoms with Crippen molar-refractivity contribution in [1.29, 1.82) is 0 Å². The lowest BCUT2D eigenvalue weighted by Crippen LogP contribution is -2.48. The Labute approximate surface area is 194 Å². The van der Waals surface area contributed by atoms with Crippen molar-refractivity contribution >= 4 is 29.9 Å². The van der Waals surface area contributed by atoms with E-state index >= 15 is 0 Å². The van der Waals surface area contributed by atoms with E-state index in [-0.39, 0.29) is 24.4 Å². The van der Waals surface area contributed by atoms with Gasteiger partial charge in [0.05, 0.1) is 0 Å². The summed E-state index contributed by atoms with van der Waals surface area (Å²) in [5, 5.41) is 4.22. The number of rotatable bonds is 5. The molecule has 0 radical (unpaired) electrons. The molecule has 2 aromatic rings. The predicted molar refractivity (Wildman–Crippen MR) is 124 cm³/mol. The van der Waals surface area contributed by atoms with Crippen LogP contribution >= 0.6 is 24.0 Å². The van der Waals surface area contributed by atoms with Crippen molar-refractivity contribution < 1.29 is 14.3 Å². The normalized spacial score (nSPS) is 26.3. The predicted octanol–water partition coefficient (Wildman–Crippen LogP) is 4.57. The molecule has 7 heteroatoms. The maximum Gasteiger partial charge on any atom is 0.254 e. The number of nitrogens with one attached hydrogen (secondary N) is 1. The van der Waals surface area contributed by atoms with Crippen molar-refractivity contribution in [3.63, 3.8) is 0 Å². The Balaban J connectivity index is 0.00000231. The van der Waals surface area contributed by atoms with Crippen molar-refractivity contribution in [2.24, 2.45) is 5.92 Å². The largest absolute Gasteiger partial charge is 0.486 e. The van der Waals surface area contributed by atoms with E-state index in [1.165, 1.54) is 0 Å². The van der Waals surface area contributed by atoms with Crippen LogP contribution in [0.2, 0.25) is 5.02 Å². The Morgan fingerprint density at radius 1 is 1.03 bits per heavy atom. The number of amides is 1. The summed E-state index contributed by atoms with van der Waals surface area (Å²) in [6.45, 7) is 2.23. The quantitative estimate of drug-likeness (QED) is 0.706. The third-order valence-corrected chi connectivity index (χ3v) is 6.75. The van der Waals surface area contributed by atoms with Crippen LogP contribution < -0.4 is 14.8 Å². The second-order valence-corrected chi connectivity index (χ2v) is 9.04. The van der Waals surface area contributed by atoms with Gasteiger partial charge in [-0.25, -0.2) is 0 Å². The molecule has 31 heavy (non-hydrogen) atoms. The molecule has 1 N–H and O–H groups in total. The molecule has 1 amide bonds. The number of benzene rings is 2. The average molecular weight is 463 g/mol. The molecule has 3 heterocycles. The van der Waals surface area contributed by atoms with E-state index < -0.39 is 0 Å². The van der Waals surface area contributed by atoms with E-state index in [9.17, 15) is 4.79 Å². The summed E-state index contributed by atoms with van der Waals surface area (Å²) in [7, 11) is 0. The Morgan fingerprint density at radius 2 is 1.77 bits per heavy atom. The minimum absolute atomic E-state index is 0. The second-order valence-electron chi connectivity index (χ2n) is 8.60. The molecule has 2 saturated heterocycles. The Hall–Kier alpha value is -1.95. The summed E-state index contributed by atoms with van der Waals surface area (Å²) in [5.41, 5.74) is 0.806. The van der Waals surface area contributed by atoms with Crippen LogP contribution in [0.5, 0.6) is 11.5 Å². The van der Waals surface area contributed by atoms with Crippen LogP contribution in [-0.2, 0) is 0 Å². The van der Waals surface area contributed by atoms with Crippen molar-refractivity contribution in [1.82, 2.24) is 10.2 Å². The molecule has 3 aliphatic rings. The molecule has 5 nitrogen and oxygen atoms in total. The molecule has 5 rings (SSSR count). The minimum atomic E-state index is -0.0209. The zero-order valence-corrected chi connectivity index (χ0v) is 18.9. The van der Waals surface area contributed by atoms with Crippen molar-refractivity contribution in [2.75, 3.05) is 19.7 Å². The zero-order valence-electron chi connectivity index (χ0n) is 17.3. The van der Waals surface area contributed by atoms with Gasteiger partial charge in [0.1, 0.15) is 12.7 Å². The molecule has 2 bridgehead atoms. The van der Waals surface area contributed by atoms with Gasteiger partial charge in [-0.1, -0.05) is 29.8 Å². The Kier molecular flexibility index (Phi) is 6.95. The molecule has 0 aliphatic carbocycles. The van der Waals surface area contributed by atoms with Crippen LogP contribution in [0.15, 0.2) is 48.5 Å². The van der Waals surface area contributed by atoms with Crippen LogP contribution in [0.25, 0.3) is 0 Å². The average Bonchev–Trinajstić information content (AvgIpc) is 3.03. The van der Waals surface area contributed by atoms with E-state index in [0.717, 1.165) is 50.1 Å². The molecule has 166 valence electrons. The standard InChI is InChI=1S/C24H27ClN2O3.ClH/c25-18-6-9-22-23(12-18)30-21(15-29-22)14-26-13-16-10-19-7-8-20(11-16)27(19)24(28)17-4-2-1-3-5-17;/h1-6,9,12,16,19-21,26H,7-8,10-11,13-15H2;1H/t16?,19?,20?,21-;/m0./s1. The van der Waals surface area contributed by atoms with Crippen LogP contribution in [0.3, 0.4) is 0 Å². The van der Waals surface area contributed by atoms with Gasteiger partial charge in [0.2, 0.25) is 0 Å². The van der Waals surface area contributed by atoms with Gasteiger partial charge in [-0.05, 0) is 62.4 Å². The lowest BCUT2D eigenvalue weighted by atomic mass is 9.90.